The minimum atomic E-state index is -0.540. The van der Waals surface area contributed by atoms with Gasteiger partial charge in [-0.15, -0.1) is 0 Å². The number of aryl methyl sites for hydroxylation is 2. The van der Waals surface area contributed by atoms with Crippen molar-refractivity contribution in [3.8, 4) is 0 Å². The monoisotopic (exact) mass is 322 g/mol. The molecule has 6 nitrogen and oxygen atoms in total. The molecule has 120 valence electrons. The molecule has 1 heterocycles. The number of non-ortho nitro benzene ring substituents is 1. The number of ether oxygens (including phenoxy) is 1. The quantitative estimate of drug-likeness (QED) is 0.374. The third-order valence-corrected chi connectivity index (χ3v) is 3.78. The van der Waals surface area contributed by atoms with Crippen molar-refractivity contribution < 1.29 is 14.5 Å². The first kappa shape index (κ1) is 15.6. The van der Waals surface area contributed by atoms with Crippen molar-refractivity contribution in [3.05, 3.63) is 80.5 Å². The summed E-state index contributed by atoms with van der Waals surface area (Å²) in [5.41, 5.74) is 3.75. The van der Waals surface area contributed by atoms with Crippen molar-refractivity contribution in [1.82, 2.24) is 0 Å². The van der Waals surface area contributed by atoms with Gasteiger partial charge in [-0.3, -0.25) is 10.1 Å². The van der Waals surface area contributed by atoms with Crippen molar-refractivity contribution in [2.24, 2.45) is 4.99 Å². The number of nitro benzene ring substituents is 1. The van der Waals surface area contributed by atoms with Gasteiger partial charge in [0.15, 0.2) is 5.70 Å². The fraction of sp³-hybridized carbons (Fsp3) is 0.111. The van der Waals surface area contributed by atoms with Gasteiger partial charge in [-0.2, -0.15) is 0 Å². The maximum atomic E-state index is 12.0. The molecule has 0 aromatic heterocycles. The highest BCUT2D eigenvalue weighted by molar-refractivity contribution is 6.12. The fourth-order valence-corrected chi connectivity index (χ4v) is 2.26. The highest BCUT2D eigenvalue weighted by Crippen LogP contribution is 2.21. The zero-order chi connectivity index (χ0) is 17.3. The summed E-state index contributed by atoms with van der Waals surface area (Å²) in [4.78, 5) is 26.4. The van der Waals surface area contributed by atoms with E-state index < -0.39 is 10.9 Å². The molecule has 3 rings (SSSR count). The van der Waals surface area contributed by atoms with Crippen LogP contribution in [0.1, 0.15) is 22.3 Å². The first-order valence-electron chi connectivity index (χ1n) is 7.29. The van der Waals surface area contributed by atoms with Crippen molar-refractivity contribution >= 4 is 23.6 Å². The average Bonchev–Trinajstić information content (AvgIpc) is 2.91. The Morgan fingerprint density at radius 3 is 2.42 bits per heavy atom. The molecule has 1 aliphatic heterocycles. The molecule has 0 saturated heterocycles. The van der Waals surface area contributed by atoms with E-state index in [9.17, 15) is 14.9 Å². The van der Waals surface area contributed by atoms with Crippen LogP contribution in [0, 0.1) is 24.0 Å². The minimum Gasteiger partial charge on any atom is -0.402 e. The van der Waals surface area contributed by atoms with Gasteiger partial charge in [0.2, 0.25) is 5.90 Å². The standard InChI is InChI=1S/C18H14N2O4/c1-11-3-6-14(9-12(11)2)17-19-16(18(21)24-17)10-13-4-7-15(8-5-13)20(22)23/h3-10H,1-2H3/b16-10-. The highest BCUT2D eigenvalue weighted by atomic mass is 16.6. The number of aliphatic imine (C=N–C) groups is 1. The molecular formula is C18H14N2O4. The third-order valence-electron chi connectivity index (χ3n) is 3.78. The summed E-state index contributed by atoms with van der Waals surface area (Å²) in [5.74, 6) is -0.280. The Morgan fingerprint density at radius 2 is 1.79 bits per heavy atom. The molecule has 0 N–H and O–H groups in total. The van der Waals surface area contributed by atoms with Crippen LogP contribution in [0.3, 0.4) is 0 Å². The van der Waals surface area contributed by atoms with Crippen molar-refractivity contribution in [1.29, 1.82) is 0 Å². The van der Waals surface area contributed by atoms with Crippen LogP contribution in [0.2, 0.25) is 0 Å². The molecule has 0 spiro atoms. The van der Waals surface area contributed by atoms with Crippen LogP contribution in [0.4, 0.5) is 5.69 Å². The van der Waals surface area contributed by atoms with Gasteiger partial charge in [0, 0.05) is 17.7 Å². The summed E-state index contributed by atoms with van der Waals surface area (Å²) in [7, 11) is 0. The predicted octanol–water partition coefficient (Wildman–Crippen LogP) is 3.56. The van der Waals surface area contributed by atoms with Gasteiger partial charge in [-0.05, 0) is 60.9 Å². The van der Waals surface area contributed by atoms with E-state index in [4.69, 9.17) is 4.74 Å². The number of carbonyl (C=O) groups excluding carboxylic acids is 1. The second-order valence-corrected chi connectivity index (χ2v) is 5.48. The first-order valence-corrected chi connectivity index (χ1v) is 7.29. The first-order chi connectivity index (χ1) is 11.4. The molecule has 1 aliphatic rings. The minimum absolute atomic E-state index is 0.00882. The lowest BCUT2D eigenvalue weighted by Crippen LogP contribution is -2.05. The van der Waals surface area contributed by atoms with Crippen LogP contribution in [0.5, 0.6) is 0 Å². The summed E-state index contributed by atoms with van der Waals surface area (Å²) in [6.07, 6.45) is 1.54. The molecule has 0 unspecified atom stereocenters. The lowest BCUT2D eigenvalue weighted by Gasteiger charge is -2.03. The van der Waals surface area contributed by atoms with Crippen molar-refractivity contribution in [2.75, 3.05) is 0 Å². The fourth-order valence-electron chi connectivity index (χ4n) is 2.26. The topological polar surface area (TPSA) is 81.8 Å². The van der Waals surface area contributed by atoms with Gasteiger partial charge in [-0.25, -0.2) is 9.79 Å². The van der Waals surface area contributed by atoms with E-state index in [-0.39, 0.29) is 17.3 Å². The average molecular weight is 322 g/mol. The van der Waals surface area contributed by atoms with E-state index in [0.29, 0.717) is 5.56 Å². The van der Waals surface area contributed by atoms with Gasteiger partial charge in [0.25, 0.3) is 5.69 Å². The molecule has 6 heteroatoms. The molecule has 0 atom stereocenters. The number of cyclic esters (lactones) is 1. The van der Waals surface area contributed by atoms with Gasteiger partial charge >= 0.3 is 5.97 Å². The summed E-state index contributed by atoms with van der Waals surface area (Å²) in [6.45, 7) is 3.98. The van der Waals surface area contributed by atoms with Crippen LogP contribution >= 0.6 is 0 Å². The predicted molar refractivity (Wildman–Crippen MR) is 89.6 cm³/mol. The maximum absolute atomic E-state index is 12.0. The summed E-state index contributed by atoms with van der Waals surface area (Å²) >= 11 is 0. The Balaban J connectivity index is 1.90. The smallest absolute Gasteiger partial charge is 0.363 e. The van der Waals surface area contributed by atoms with E-state index in [0.717, 1.165) is 16.7 Å². The maximum Gasteiger partial charge on any atom is 0.363 e. The Bertz CT molecular complexity index is 896. The third kappa shape index (κ3) is 3.08. The van der Waals surface area contributed by atoms with Crippen LogP contribution in [-0.4, -0.2) is 16.8 Å². The Hall–Kier alpha value is -3.28. The zero-order valence-corrected chi connectivity index (χ0v) is 13.1. The second-order valence-electron chi connectivity index (χ2n) is 5.48. The Kier molecular flexibility index (Phi) is 3.95. The van der Waals surface area contributed by atoms with Gasteiger partial charge in [-0.1, -0.05) is 6.07 Å². The Labute approximate surface area is 138 Å². The molecule has 0 aliphatic carbocycles. The largest absolute Gasteiger partial charge is 0.402 e. The molecule has 0 radical (unpaired) electrons. The van der Waals surface area contributed by atoms with Gasteiger partial charge < -0.3 is 4.74 Å². The van der Waals surface area contributed by atoms with E-state index in [1.807, 2.05) is 32.0 Å². The number of rotatable bonds is 3. The lowest BCUT2D eigenvalue weighted by molar-refractivity contribution is -0.384. The highest BCUT2D eigenvalue weighted by Gasteiger charge is 2.24. The number of hydrogen-bond donors (Lipinski definition) is 0. The Morgan fingerprint density at radius 1 is 1.08 bits per heavy atom. The van der Waals surface area contributed by atoms with E-state index >= 15 is 0 Å². The number of nitro groups is 1. The lowest BCUT2D eigenvalue weighted by atomic mass is 10.1. The molecule has 0 bridgehead atoms. The zero-order valence-electron chi connectivity index (χ0n) is 13.1. The van der Waals surface area contributed by atoms with E-state index in [2.05, 4.69) is 4.99 Å². The van der Waals surface area contributed by atoms with Crippen LogP contribution in [-0.2, 0) is 9.53 Å². The molecule has 0 saturated carbocycles. The summed E-state index contributed by atoms with van der Waals surface area (Å²) < 4.78 is 5.22. The van der Waals surface area contributed by atoms with Crippen LogP contribution < -0.4 is 0 Å². The normalized spacial score (nSPS) is 15.3. The number of hydrogen-bond acceptors (Lipinski definition) is 5. The molecule has 0 amide bonds. The van der Waals surface area contributed by atoms with Gasteiger partial charge in [0.1, 0.15) is 0 Å². The number of esters is 1. The molecule has 2 aromatic rings. The molecule has 24 heavy (non-hydrogen) atoms. The van der Waals surface area contributed by atoms with E-state index in [1.54, 1.807) is 18.2 Å². The van der Waals surface area contributed by atoms with Crippen LogP contribution in [0.15, 0.2) is 53.2 Å². The molecule has 2 aromatic carbocycles. The summed E-state index contributed by atoms with van der Waals surface area (Å²) in [5, 5.41) is 10.7. The van der Waals surface area contributed by atoms with Crippen LogP contribution in [0.25, 0.3) is 6.08 Å². The van der Waals surface area contributed by atoms with Gasteiger partial charge in [0.05, 0.1) is 4.92 Å². The molecule has 0 fully saturated rings. The number of benzene rings is 2. The van der Waals surface area contributed by atoms with E-state index in [1.165, 1.54) is 12.1 Å². The second kappa shape index (κ2) is 6.08. The molecular weight excluding hydrogens is 308 g/mol. The van der Waals surface area contributed by atoms with Crippen molar-refractivity contribution in [3.63, 3.8) is 0 Å². The number of nitrogens with zero attached hydrogens (tertiary/aromatic N) is 2. The summed E-state index contributed by atoms with van der Waals surface area (Å²) in [6, 6.07) is 11.6. The van der Waals surface area contributed by atoms with Crippen molar-refractivity contribution in [2.45, 2.75) is 13.8 Å². The number of carbonyl (C=O) groups is 1. The SMILES string of the molecule is Cc1ccc(C2=N/C(=C\c3ccc([N+](=O)[O-])cc3)C(=O)O2)cc1C.